The number of nitrogens with zero attached hydrogens (tertiary/aromatic N) is 1. The van der Waals surface area contributed by atoms with Crippen LogP contribution in [-0.4, -0.2) is 17.0 Å². The van der Waals surface area contributed by atoms with Crippen molar-refractivity contribution in [2.75, 3.05) is 6.54 Å². The van der Waals surface area contributed by atoms with E-state index in [1.807, 2.05) is 0 Å². The van der Waals surface area contributed by atoms with Gasteiger partial charge in [0.15, 0.2) is 0 Å². The van der Waals surface area contributed by atoms with Gasteiger partial charge in [0.25, 0.3) is 0 Å². The van der Waals surface area contributed by atoms with Gasteiger partial charge in [-0.1, -0.05) is 18.2 Å². The normalized spacial score (nSPS) is 22.9. The standard InChI is InChI=1S/C15H22N2/c1-15(2)6-3-7-17(15)11-12-4-5-13-9-16-10-14(13)8-12/h4-5,8,16H,3,6-7,9-11H2,1-2H3. The molecule has 2 heteroatoms. The van der Waals surface area contributed by atoms with Crippen LogP contribution in [0.15, 0.2) is 18.2 Å². The Bertz CT molecular complexity index is 423. The molecule has 1 fully saturated rings. The van der Waals surface area contributed by atoms with E-state index in [0.29, 0.717) is 5.54 Å². The van der Waals surface area contributed by atoms with Crippen LogP contribution in [0.25, 0.3) is 0 Å². The molecule has 0 amide bonds. The highest BCUT2D eigenvalue weighted by molar-refractivity contribution is 5.34. The quantitative estimate of drug-likeness (QED) is 0.840. The summed E-state index contributed by atoms with van der Waals surface area (Å²) < 4.78 is 0. The Morgan fingerprint density at radius 2 is 2.06 bits per heavy atom. The third kappa shape index (κ3) is 2.12. The van der Waals surface area contributed by atoms with Crippen molar-refractivity contribution in [2.24, 2.45) is 0 Å². The van der Waals surface area contributed by atoms with Gasteiger partial charge >= 0.3 is 0 Å². The maximum absolute atomic E-state index is 3.41. The first kappa shape index (κ1) is 11.2. The Hall–Kier alpha value is -0.860. The molecule has 92 valence electrons. The molecule has 0 saturated carbocycles. The summed E-state index contributed by atoms with van der Waals surface area (Å²) >= 11 is 0. The Balaban J connectivity index is 1.77. The van der Waals surface area contributed by atoms with Gasteiger partial charge in [0.2, 0.25) is 0 Å². The van der Waals surface area contributed by atoms with Crippen LogP contribution in [0.3, 0.4) is 0 Å². The minimum atomic E-state index is 0.386. The number of hydrogen-bond acceptors (Lipinski definition) is 2. The van der Waals surface area contributed by atoms with Crippen molar-refractivity contribution in [3.63, 3.8) is 0 Å². The highest BCUT2D eigenvalue weighted by Crippen LogP contribution is 2.30. The highest BCUT2D eigenvalue weighted by Gasteiger charge is 2.31. The fourth-order valence-corrected chi connectivity index (χ4v) is 3.12. The van der Waals surface area contributed by atoms with E-state index in [1.54, 1.807) is 0 Å². The zero-order chi connectivity index (χ0) is 11.9. The predicted octanol–water partition coefficient (Wildman–Crippen LogP) is 2.66. The number of nitrogens with one attached hydrogen (secondary N) is 1. The summed E-state index contributed by atoms with van der Waals surface area (Å²) in [6.45, 7) is 9.20. The average Bonchev–Trinajstić information content (AvgIpc) is 2.85. The lowest BCUT2D eigenvalue weighted by Crippen LogP contribution is -2.37. The minimum absolute atomic E-state index is 0.386. The van der Waals surface area contributed by atoms with E-state index in [4.69, 9.17) is 0 Å². The molecule has 0 aromatic heterocycles. The molecule has 0 spiro atoms. The first-order valence-electron chi connectivity index (χ1n) is 6.72. The third-order valence-corrected chi connectivity index (χ3v) is 4.35. The van der Waals surface area contributed by atoms with Crippen LogP contribution in [0, 0.1) is 0 Å². The molecule has 1 aromatic carbocycles. The molecular weight excluding hydrogens is 208 g/mol. The lowest BCUT2D eigenvalue weighted by Gasteiger charge is -2.31. The maximum atomic E-state index is 3.41. The summed E-state index contributed by atoms with van der Waals surface area (Å²) in [7, 11) is 0. The Labute approximate surface area is 104 Å². The van der Waals surface area contributed by atoms with Gasteiger partial charge in [0.05, 0.1) is 0 Å². The summed E-state index contributed by atoms with van der Waals surface area (Å²) in [6, 6.07) is 7.00. The fraction of sp³-hybridized carbons (Fsp3) is 0.600. The summed E-state index contributed by atoms with van der Waals surface area (Å²) in [6.07, 6.45) is 2.68. The summed E-state index contributed by atoms with van der Waals surface area (Å²) in [5, 5.41) is 3.41. The Morgan fingerprint density at radius 1 is 1.24 bits per heavy atom. The number of rotatable bonds is 2. The zero-order valence-corrected chi connectivity index (χ0v) is 10.9. The van der Waals surface area contributed by atoms with Crippen LogP contribution >= 0.6 is 0 Å². The Kier molecular flexibility index (Phi) is 2.72. The van der Waals surface area contributed by atoms with Gasteiger partial charge in [-0.15, -0.1) is 0 Å². The molecule has 3 rings (SSSR count). The summed E-state index contributed by atoms with van der Waals surface area (Å²) in [4.78, 5) is 2.62. The van der Waals surface area contributed by atoms with Crippen molar-refractivity contribution in [1.29, 1.82) is 0 Å². The molecule has 0 aliphatic carbocycles. The fourth-order valence-electron chi connectivity index (χ4n) is 3.12. The van der Waals surface area contributed by atoms with Gasteiger partial charge < -0.3 is 5.32 Å². The van der Waals surface area contributed by atoms with Crippen LogP contribution in [-0.2, 0) is 19.6 Å². The van der Waals surface area contributed by atoms with Crippen LogP contribution in [0.2, 0.25) is 0 Å². The van der Waals surface area contributed by atoms with Crippen LogP contribution < -0.4 is 5.32 Å². The molecule has 2 nitrogen and oxygen atoms in total. The van der Waals surface area contributed by atoms with Gasteiger partial charge in [-0.05, 0) is 49.9 Å². The Morgan fingerprint density at radius 3 is 2.82 bits per heavy atom. The second-order valence-electron chi connectivity index (χ2n) is 6.04. The number of fused-ring (bicyclic) bond motifs is 1. The largest absolute Gasteiger partial charge is 0.309 e. The molecule has 1 aromatic rings. The molecule has 0 atom stereocenters. The summed E-state index contributed by atoms with van der Waals surface area (Å²) in [5.74, 6) is 0. The van der Waals surface area contributed by atoms with Gasteiger partial charge in [0.1, 0.15) is 0 Å². The molecular formula is C15H22N2. The lowest BCUT2D eigenvalue weighted by atomic mass is 10.0. The smallest absolute Gasteiger partial charge is 0.0239 e. The number of benzene rings is 1. The predicted molar refractivity (Wildman–Crippen MR) is 70.7 cm³/mol. The molecule has 2 aliphatic heterocycles. The van der Waals surface area contributed by atoms with E-state index in [1.165, 1.54) is 36.1 Å². The minimum Gasteiger partial charge on any atom is -0.309 e. The van der Waals surface area contributed by atoms with E-state index >= 15 is 0 Å². The first-order valence-corrected chi connectivity index (χ1v) is 6.72. The van der Waals surface area contributed by atoms with Crippen molar-refractivity contribution < 1.29 is 0 Å². The van der Waals surface area contributed by atoms with Crippen molar-refractivity contribution in [2.45, 2.75) is 51.9 Å². The van der Waals surface area contributed by atoms with E-state index in [2.05, 4.69) is 42.3 Å². The molecule has 0 bridgehead atoms. The second kappa shape index (κ2) is 4.11. The van der Waals surface area contributed by atoms with Crippen LogP contribution in [0.5, 0.6) is 0 Å². The average molecular weight is 230 g/mol. The van der Waals surface area contributed by atoms with Crippen LogP contribution in [0.4, 0.5) is 0 Å². The van der Waals surface area contributed by atoms with E-state index in [0.717, 1.165) is 19.6 Å². The lowest BCUT2D eigenvalue weighted by molar-refractivity contribution is 0.166. The molecule has 0 unspecified atom stereocenters. The topological polar surface area (TPSA) is 15.3 Å². The van der Waals surface area contributed by atoms with Gasteiger partial charge in [-0.2, -0.15) is 0 Å². The molecule has 17 heavy (non-hydrogen) atoms. The number of hydrogen-bond donors (Lipinski definition) is 1. The van der Waals surface area contributed by atoms with Crippen molar-refractivity contribution in [3.05, 3.63) is 34.9 Å². The first-order chi connectivity index (χ1) is 8.15. The molecule has 0 radical (unpaired) electrons. The highest BCUT2D eigenvalue weighted by atomic mass is 15.2. The monoisotopic (exact) mass is 230 g/mol. The van der Waals surface area contributed by atoms with Gasteiger partial charge in [-0.25, -0.2) is 0 Å². The van der Waals surface area contributed by atoms with Crippen molar-refractivity contribution in [3.8, 4) is 0 Å². The van der Waals surface area contributed by atoms with E-state index in [-0.39, 0.29) is 0 Å². The zero-order valence-electron chi connectivity index (χ0n) is 10.9. The van der Waals surface area contributed by atoms with Crippen molar-refractivity contribution in [1.82, 2.24) is 10.2 Å². The van der Waals surface area contributed by atoms with E-state index < -0.39 is 0 Å². The maximum Gasteiger partial charge on any atom is 0.0239 e. The SMILES string of the molecule is CC1(C)CCCN1Cc1ccc2c(c1)CNC2. The van der Waals surface area contributed by atoms with Gasteiger partial charge in [0, 0.05) is 25.2 Å². The second-order valence-corrected chi connectivity index (χ2v) is 6.04. The van der Waals surface area contributed by atoms with Gasteiger partial charge in [-0.3, -0.25) is 4.90 Å². The summed E-state index contributed by atoms with van der Waals surface area (Å²) in [5.41, 5.74) is 4.84. The molecule has 1 N–H and O–H groups in total. The molecule has 2 heterocycles. The third-order valence-electron chi connectivity index (χ3n) is 4.35. The van der Waals surface area contributed by atoms with Crippen LogP contribution in [0.1, 0.15) is 43.4 Å². The number of likely N-dealkylation sites (tertiary alicyclic amines) is 1. The molecule has 2 aliphatic rings. The van der Waals surface area contributed by atoms with E-state index in [9.17, 15) is 0 Å². The molecule has 1 saturated heterocycles. The van der Waals surface area contributed by atoms with Crippen molar-refractivity contribution >= 4 is 0 Å².